The second-order valence-electron chi connectivity index (χ2n) is 5.36. The summed E-state index contributed by atoms with van der Waals surface area (Å²) < 4.78 is 0. The van der Waals surface area contributed by atoms with Crippen LogP contribution in [0.15, 0.2) is 72.6 Å². The highest BCUT2D eigenvalue weighted by molar-refractivity contribution is 7.13. The third kappa shape index (κ3) is 3.54. The van der Waals surface area contributed by atoms with Crippen molar-refractivity contribution in [1.29, 1.82) is 0 Å². The van der Waals surface area contributed by atoms with Crippen LogP contribution in [0.4, 0.5) is 5.95 Å². The Hall–Kier alpha value is -3.12. The molecule has 0 fully saturated rings. The van der Waals surface area contributed by atoms with Gasteiger partial charge in [-0.1, -0.05) is 12.1 Å². The number of thiophene rings is 1. The van der Waals surface area contributed by atoms with Gasteiger partial charge in [-0.25, -0.2) is 9.97 Å². The molecule has 0 unspecified atom stereocenters. The Balaban J connectivity index is 1.68. The van der Waals surface area contributed by atoms with Gasteiger partial charge in [-0.2, -0.15) is 0 Å². The second-order valence-corrected chi connectivity index (χ2v) is 6.30. The largest absolute Gasteiger partial charge is 0.350 e. The molecule has 122 valence electrons. The molecule has 4 aromatic heterocycles. The van der Waals surface area contributed by atoms with Crippen molar-refractivity contribution in [3.8, 4) is 21.8 Å². The molecule has 5 nitrogen and oxygen atoms in total. The average Bonchev–Trinajstić information content (AvgIpc) is 3.22. The molecule has 25 heavy (non-hydrogen) atoms. The molecule has 4 aromatic rings. The zero-order valence-corrected chi connectivity index (χ0v) is 14.1. The highest BCUT2D eigenvalue weighted by Gasteiger charge is 2.13. The zero-order valence-electron chi connectivity index (χ0n) is 13.3. The summed E-state index contributed by atoms with van der Waals surface area (Å²) in [5.74, 6) is 0.597. The van der Waals surface area contributed by atoms with Gasteiger partial charge in [0.05, 0.1) is 16.3 Å². The number of anilines is 1. The van der Waals surface area contributed by atoms with E-state index in [4.69, 9.17) is 4.98 Å². The van der Waals surface area contributed by atoms with Gasteiger partial charge in [0, 0.05) is 36.9 Å². The standard InChI is InChI=1S/C19H15N5S/c1-2-8-21-16(4-1)15-13-23-19(22-12-14-6-9-20-10-7-14)24-18(15)17-5-3-11-25-17/h1-11,13H,12H2,(H,22,23,24). The minimum Gasteiger partial charge on any atom is -0.350 e. The SMILES string of the molecule is c1ccc(-c2cnc(NCc3ccncc3)nc2-c2cccs2)nc1. The molecule has 0 saturated carbocycles. The minimum absolute atomic E-state index is 0.597. The van der Waals surface area contributed by atoms with Crippen molar-refractivity contribution >= 4 is 17.3 Å². The maximum absolute atomic E-state index is 4.74. The summed E-state index contributed by atoms with van der Waals surface area (Å²) in [4.78, 5) is 18.8. The fourth-order valence-corrected chi connectivity index (χ4v) is 3.19. The molecule has 0 saturated heterocycles. The van der Waals surface area contributed by atoms with Crippen molar-refractivity contribution in [3.05, 3.63) is 78.2 Å². The Morgan fingerprint density at radius 3 is 2.60 bits per heavy atom. The molecule has 0 atom stereocenters. The molecule has 0 aliphatic carbocycles. The van der Waals surface area contributed by atoms with Gasteiger partial charge in [-0.05, 0) is 41.3 Å². The Bertz CT molecular complexity index is 940. The van der Waals surface area contributed by atoms with Crippen LogP contribution in [0.2, 0.25) is 0 Å². The normalized spacial score (nSPS) is 10.6. The summed E-state index contributed by atoms with van der Waals surface area (Å²) in [5, 5.41) is 5.32. The molecule has 0 aliphatic heterocycles. The summed E-state index contributed by atoms with van der Waals surface area (Å²) in [6.07, 6.45) is 7.17. The van der Waals surface area contributed by atoms with Gasteiger partial charge in [-0.3, -0.25) is 9.97 Å². The lowest BCUT2D eigenvalue weighted by molar-refractivity contribution is 1.05. The fraction of sp³-hybridized carbons (Fsp3) is 0.0526. The van der Waals surface area contributed by atoms with Gasteiger partial charge in [0.25, 0.3) is 0 Å². The van der Waals surface area contributed by atoms with E-state index in [-0.39, 0.29) is 0 Å². The van der Waals surface area contributed by atoms with Crippen molar-refractivity contribution in [2.75, 3.05) is 5.32 Å². The summed E-state index contributed by atoms with van der Waals surface area (Å²) in [6, 6.07) is 13.9. The van der Waals surface area contributed by atoms with Crippen molar-refractivity contribution in [1.82, 2.24) is 19.9 Å². The molecule has 0 aromatic carbocycles. The maximum atomic E-state index is 4.74. The predicted molar refractivity (Wildman–Crippen MR) is 100 cm³/mol. The molecule has 4 heterocycles. The summed E-state index contributed by atoms with van der Waals surface area (Å²) in [6.45, 7) is 0.648. The third-order valence-electron chi connectivity index (χ3n) is 3.68. The second kappa shape index (κ2) is 7.19. The topological polar surface area (TPSA) is 63.6 Å². The third-order valence-corrected chi connectivity index (χ3v) is 4.56. The van der Waals surface area contributed by atoms with Crippen LogP contribution < -0.4 is 5.32 Å². The van der Waals surface area contributed by atoms with Gasteiger partial charge in [0.2, 0.25) is 5.95 Å². The Labute approximate surface area is 149 Å². The number of rotatable bonds is 5. The molecule has 1 N–H and O–H groups in total. The molecular formula is C19H15N5S. The van der Waals surface area contributed by atoms with E-state index < -0.39 is 0 Å². The van der Waals surface area contributed by atoms with Crippen molar-refractivity contribution in [2.24, 2.45) is 0 Å². The van der Waals surface area contributed by atoms with E-state index in [2.05, 4.69) is 26.3 Å². The molecule has 0 spiro atoms. The first-order valence-corrected chi connectivity index (χ1v) is 8.73. The number of hydrogen-bond acceptors (Lipinski definition) is 6. The minimum atomic E-state index is 0.597. The van der Waals surface area contributed by atoms with Gasteiger partial charge >= 0.3 is 0 Å². The van der Waals surface area contributed by atoms with Gasteiger partial charge in [-0.15, -0.1) is 11.3 Å². The van der Waals surface area contributed by atoms with E-state index in [1.807, 2.05) is 48.0 Å². The van der Waals surface area contributed by atoms with Crippen LogP contribution in [0, 0.1) is 0 Å². The smallest absolute Gasteiger partial charge is 0.223 e. The first-order chi connectivity index (χ1) is 12.4. The Morgan fingerprint density at radius 2 is 1.84 bits per heavy atom. The van der Waals surface area contributed by atoms with Crippen LogP contribution in [-0.4, -0.2) is 19.9 Å². The van der Waals surface area contributed by atoms with E-state index in [1.54, 1.807) is 29.9 Å². The van der Waals surface area contributed by atoms with Crippen LogP contribution in [0.1, 0.15) is 5.56 Å². The van der Waals surface area contributed by atoms with E-state index in [9.17, 15) is 0 Å². The number of pyridine rings is 2. The fourth-order valence-electron chi connectivity index (χ4n) is 2.46. The Morgan fingerprint density at radius 1 is 0.920 bits per heavy atom. The lowest BCUT2D eigenvalue weighted by atomic mass is 10.1. The molecule has 4 rings (SSSR count). The lowest BCUT2D eigenvalue weighted by Gasteiger charge is -2.10. The molecular weight excluding hydrogens is 330 g/mol. The molecule has 6 heteroatoms. The van der Waals surface area contributed by atoms with E-state index >= 15 is 0 Å². The number of nitrogens with one attached hydrogen (secondary N) is 1. The zero-order chi connectivity index (χ0) is 16.9. The molecule has 0 aliphatic rings. The van der Waals surface area contributed by atoms with E-state index in [0.29, 0.717) is 12.5 Å². The Kier molecular flexibility index (Phi) is 4.43. The first-order valence-electron chi connectivity index (χ1n) is 7.85. The first kappa shape index (κ1) is 15.4. The molecule has 0 radical (unpaired) electrons. The summed E-state index contributed by atoms with van der Waals surface area (Å²) >= 11 is 1.65. The van der Waals surface area contributed by atoms with Crippen LogP contribution >= 0.6 is 11.3 Å². The van der Waals surface area contributed by atoms with Gasteiger partial charge in [0.15, 0.2) is 0 Å². The monoisotopic (exact) mass is 345 g/mol. The van der Waals surface area contributed by atoms with Crippen molar-refractivity contribution in [2.45, 2.75) is 6.54 Å². The van der Waals surface area contributed by atoms with Gasteiger partial charge in [0.1, 0.15) is 0 Å². The van der Waals surface area contributed by atoms with Gasteiger partial charge < -0.3 is 5.32 Å². The number of hydrogen-bond donors (Lipinski definition) is 1. The summed E-state index contributed by atoms with van der Waals surface area (Å²) in [5.41, 5.74) is 3.81. The lowest BCUT2D eigenvalue weighted by Crippen LogP contribution is -2.05. The average molecular weight is 345 g/mol. The quantitative estimate of drug-likeness (QED) is 0.585. The van der Waals surface area contributed by atoms with Crippen LogP contribution in [0.3, 0.4) is 0 Å². The van der Waals surface area contributed by atoms with Crippen LogP contribution in [-0.2, 0) is 6.54 Å². The number of nitrogens with zero attached hydrogens (tertiary/aromatic N) is 4. The van der Waals surface area contributed by atoms with Crippen molar-refractivity contribution < 1.29 is 0 Å². The molecule has 0 bridgehead atoms. The van der Waals surface area contributed by atoms with E-state index in [1.165, 1.54) is 0 Å². The summed E-state index contributed by atoms with van der Waals surface area (Å²) in [7, 11) is 0. The van der Waals surface area contributed by atoms with Crippen molar-refractivity contribution in [3.63, 3.8) is 0 Å². The van der Waals surface area contributed by atoms with Crippen LogP contribution in [0.5, 0.6) is 0 Å². The highest BCUT2D eigenvalue weighted by Crippen LogP contribution is 2.32. The maximum Gasteiger partial charge on any atom is 0.223 e. The predicted octanol–water partition coefficient (Wildman–Crippen LogP) is 4.27. The van der Waals surface area contributed by atoms with E-state index in [0.717, 1.165) is 27.4 Å². The van der Waals surface area contributed by atoms with Crippen LogP contribution in [0.25, 0.3) is 21.8 Å². The highest BCUT2D eigenvalue weighted by atomic mass is 32.1. The molecule has 0 amide bonds. The number of aromatic nitrogens is 4.